The number of pyridine rings is 1. The van der Waals surface area contributed by atoms with Crippen molar-refractivity contribution >= 4 is 17.3 Å². The summed E-state index contributed by atoms with van der Waals surface area (Å²) in [5.74, 6) is 0.222. The quantitative estimate of drug-likeness (QED) is 0.415. The van der Waals surface area contributed by atoms with Crippen molar-refractivity contribution in [2.75, 3.05) is 39.2 Å². The first kappa shape index (κ1) is 20.8. The van der Waals surface area contributed by atoms with Gasteiger partial charge < -0.3 is 15.0 Å². The van der Waals surface area contributed by atoms with Crippen LogP contribution < -0.4 is 15.5 Å². The topological polar surface area (TPSA) is 104 Å². The molecule has 9 heteroatoms. The Bertz CT molecular complexity index is 844. The molecule has 1 aliphatic carbocycles. The number of aryl methyl sites for hydroxylation is 1. The van der Waals surface area contributed by atoms with Crippen LogP contribution in [0.15, 0.2) is 24.4 Å². The van der Waals surface area contributed by atoms with Crippen molar-refractivity contribution in [3.63, 3.8) is 0 Å². The number of allylic oxidation sites excluding steroid dienone is 1. The van der Waals surface area contributed by atoms with Gasteiger partial charge in [-0.1, -0.05) is 6.08 Å². The molecule has 0 saturated carbocycles. The zero-order valence-electron chi connectivity index (χ0n) is 17.1. The Morgan fingerprint density at radius 3 is 2.93 bits per heavy atom. The maximum atomic E-state index is 12.8. The summed E-state index contributed by atoms with van der Waals surface area (Å²) in [5, 5.41) is 10.0. The summed E-state index contributed by atoms with van der Waals surface area (Å²) in [6, 6.07) is 3.51. The number of nitrogens with zero attached hydrogens (tertiary/aromatic N) is 3. The fourth-order valence-corrected chi connectivity index (χ4v) is 3.01. The van der Waals surface area contributed by atoms with Gasteiger partial charge in [0.2, 0.25) is 5.88 Å². The van der Waals surface area contributed by atoms with Gasteiger partial charge >= 0.3 is 0 Å². The second-order valence-corrected chi connectivity index (χ2v) is 6.96. The lowest BCUT2D eigenvalue weighted by molar-refractivity contribution is 0.0894. The smallest absolute Gasteiger partial charge is 0.276 e. The molecule has 0 saturated heterocycles. The largest absolute Gasteiger partial charge is 0.478 e. The van der Waals surface area contributed by atoms with Crippen molar-refractivity contribution < 1.29 is 14.4 Å². The molecule has 0 unspecified atom stereocenters. The molecule has 29 heavy (non-hydrogen) atoms. The fourth-order valence-electron chi connectivity index (χ4n) is 3.01. The fraction of sp³-hybridized carbons (Fsp3) is 0.450. The maximum Gasteiger partial charge on any atom is 0.276 e. The molecule has 1 aliphatic rings. The molecule has 2 heterocycles. The molecule has 0 aromatic carbocycles. The molecule has 0 radical (unpaired) electrons. The van der Waals surface area contributed by atoms with E-state index in [0.29, 0.717) is 30.5 Å². The summed E-state index contributed by atoms with van der Waals surface area (Å²) in [5.41, 5.74) is 6.22. The standard InChI is InChI=1S/C20H28N6O3/c1-4-29-25-16-8-5-7-15-18(16)19(24-23-15)20(27)22-14-9-10-17(21-13-14)28-12-6-11-26(2)3/h8-10,13,25H,4-7,11-12H2,1-3H3,(H,22,27)(H,23,24). The van der Waals surface area contributed by atoms with Gasteiger partial charge in [-0.3, -0.25) is 20.2 Å². The van der Waals surface area contributed by atoms with E-state index in [1.807, 2.05) is 27.1 Å². The Kier molecular flexibility index (Phi) is 7.20. The van der Waals surface area contributed by atoms with Crippen LogP contribution in [0.2, 0.25) is 0 Å². The van der Waals surface area contributed by atoms with E-state index in [9.17, 15) is 4.79 Å². The minimum atomic E-state index is -0.310. The molecule has 0 atom stereocenters. The van der Waals surface area contributed by atoms with Gasteiger partial charge in [0, 0.05) is 18.3 Å². The second kappa shape index (κ2) is 10.0. The molecule has 0 spiro atoms. The molecule has 2 aromatic heterocycles. The Morgan fingerprint density at radius 1 is 1.34 bits per heavy atom. The van der Waals surface area contributed by atoms with Crippen molar-refractivity contribution in [1.29, 1.82) is 0 Å². The molecule has 3 rings (SSSR count). The highest BCUT2D eigenvalue weighted by atomic mass is 16.6. The number of hydrogen-bond donors (Lipinski definition) is 3. The third-order valence-electron chi connectivity index (χ3n) is 4.39. The van der Waals surface area contributed by atoms with Crippen LogP contribution in [0.1, 0.15) is 41.5 Å². The molecule has 9 nitrogen and oxygen atoms in total. The van der Waals surface area contributed by atoms with Gasteiger partial charge in [-0.2, -0.15) is 5.10 Å². The van der Waals surface area contributed by atoms with E-state index in [-0.39, 0.29) is 5.91 Å². The highest BCUT2D eigenvalue weighted by Gasteiger charge is 2.25. The number of hydrogen-bond acceptors (Lipinski definition) is 7. The Balaban J connectivity index is 1.61. The van der Waals surface area contributed by atoms with E-state index >= 15 is 0 Å². The number of nitrogens with one attached hydrogen (secondary N) is 3. The third kappa shape index (κ3) is 5.55. The second-order valence-electron chi connectivity index (χ2n) is 6.96. The highest BCUT2D eigenvalue weighted by molar-refractivity contribution is 6.06. The highest BCUT2D eigenvalue weighted by Crippen LogP contribution is 2.27. The lowest BCUT2D eigenvalue weighted by Crippen LogP contribution is -2.20. The number of hydroxylamine groups is 1. The number of H-pyrrole nitrogens is 1. The van der Waals surface area contributed by atoms with Gasteiger partial charge in [0.05, 0.1) is 36.4 Å². The van der Waals surface area contributed by atoms with Crippen LogP contribution in [0.25, 0.3) is 5.70 Å². The van der Waals surface area contributed by atoms with Crippen molar-refractivity contribution in [1.82, 2.24) is 25.6 Å². The summed E-state index contributed by atoms with van der Waals surface area (Å²) in [6.07, 6.45) is 6.16. The number of anilines is 1. The number of rotatable bonds is 10. The van der Waals surface area contributed by atoms with E-state index in [0.717, 1.165) is 42.8 Å². The first-order chi connectivity index (χ1) is 14.1. The van der Waals surface area contributed by atoms with E-state index in [1.54, 1.807) is 18.3 Å². The first-order valence-electron chi connectivity index (χ1n) is 9.79. The summed E-state index contributed by atoms with van der Waals surface area (Å²) in [4.78, 5) is 24.4. The number of carbonyl (C=O) groups excluding carboxylic acids is 1. The van der Waals surface area contributed by atoms with E-state index in [4.69, 9.17) is 9.57 Å². The summed E-state index contributed by atoms with van der Waals surface area (Å²) in [6.45, 7) is 3.96. The zero-order valence-corrected chi connectivity index (χ0v) is 17.1. The van der Waals surface area contributed by atoms with Gasteiger partial charge in [-0.25, -0.2) is 4.98 Å². The molecular weight excluding hydrogens is 372 g/mol. The average Bonchev–Trinajstić information content (AvgIpc) is 3.15. The molecule has 0 fully saturated rings. The van der Waals surface area contributed by atoms with Crippen molar-refractivity contribution in [2.24, 2.45) is 0 Å². The van der Waals surface area contributed by atoms with Crippen LogP contribution in [0.3, 0.4) is 0 Å². The summed E-state index contributed by atoms with van der Waals surface area (Å²) >= 11 is 0. The lowest BCUT2D eigenvalue weighted by Gasteiger charge is -2.16. The molecule has 156 valence electrons. The predicted octanol–water partition coefficient (Wildman–Crippen LogP) is 2.22. The maximum absolute atomic E-state index is 12.8. The van der Waals surface area contributed by atoms with Gasteiger partial charge in [-0.05, 0) is 46.3 Å². The minimum Gasteiger partial charge on any atom is -0.478 e. The SMILES string of the molecule is CCONC1=CCCc2[nH]nc(C(=O)Nc3ccc(OCCCN(C)C)nc3)c21. The van der Waals surface area contributed by atoms with Crippen molar-refractivity contribution in [2.45, 2.75) is 26.2 Å². The molecule has 0 bridgehead atoms. The van der Waals surface area contributed by atoms with Crippen LogP contribution in [0, 0.1) is 0 Å². The molecule has 2 aromatic rings. The van der Waals surface area contributed by atoms with E-state index in [2.05, 4.69) is 30.9 Å². The normalized spacial score (nSPS) is 13.0. The Labute approximate surface area is 170 Å². The van der Waals surface area contributed by atoms with Crippen molar-refractivity contribution in [3.8, 4) is 5.88 Å². The van der Waals surface area contributed by atoms with Gasteiger partial charge in [-0.15, -0.1) is 0 Å². The number of ether oxygens (including phenoxy) is 1. The molecule has 1 amide bonds. The van der Waals surface area contributed by atoms with Crippen LogP contribution >= 0.6 is 0 Å². The predicted molar refractivity (Wildman–Crippen MR) is 111 cm³/mol. The first-order valence-corrected chi connectivity index (χ1v) is 9.79. The monoisotopic (exact) mass is 400 g/mol. The van der Waals surface area contributed by atoms with Crippen LogP contribution in [-0.2, 0) is 11.3 Å². The van der Waals surface area contributed by atoms with Crippen LogP contribution in [0.4, 0.5) is 5.69 Å². The van der Waals surface area contributed by atoms with E-state index in [1.165, 1.54) is 0 Å². The van der Waals surface area contributed by atoms with Crippen molar-refractivity contribution in [3.05, 3.63) is 41.4 Å². The number of aromatic nitrogens is 3. The summed E-state index contributed by atoms with van der Waals surface area (Å²) in [7, 11) is 4.05. The minimum absolute atomic E-state index is 0.310. The molecular formula is C20H28N6O3. The Hall–Kier alpha value is -2.91. The molecule has 0 aliphatic heterocycles. The zero-order chi connectivity index (χ0) is 20.6. The lowest BCUT2D eigenvalue weighted by atomic mass is 9.99. The summed E-state index contributed by atoms with van der Waals surface area (Å²) < 4.78 is 5.62. The number of carbonyl (C=O) groups is 1. The van der Waals surface area contributed by atoms with E-state index < -0.39 is 0 Å². The van der Waals surface area contributed by atoms with Gasteiger partial charge in [0.25, 0.3) is 5.91 Å². The van der Waals surface area contributed by atoms with Crippen LogP contribution in [-0.4, -0.2) is 59.8 Å². The number of fused-ring (bicyclic) bond motifs is 1. The van der Waals surface area contributed by atoms with Gasteiger partial charge in [0.1, 0.15) is 0 Å². The number of aromatic amines is 1. The Morgan fingerprint density at radius 2 is 2.21 bits per heavy atom. The third-order valence-corrected chi connectivity index (χ3v) is 4.39. The average molecular weight is 400 g/mol. The molecule has 3 N–H and O–H groups in total. The van der Waals surface area contributed by atoms with Crippen LogP contribution in [0.5, 0.6) is 5.88 Å². The number of amides is 1. The van der Waals surface area contributed by atoms with Gasteiger partial charge in [0.15, 0.2) is 5.69 Å².